The molecule has 0 saturated heterocycles. The van der Waals surface area contributed by atoms with Crippen LogP contribution in [0.25, 0.3) is 0 Å². The first-order chi connectivity index (χ1) is 11.2. The van der Waals surface area contributed by atoms with E-state index in [1.807, 2.05) is 6.92 Å². The van der Waals surface area contributed by atoms with E-state index in [0.717, 1.165) is 31.9 Å². The number of nitrogens with zero attached hydrogens (tertiary/aromatic N) is 3. The quantitative estimate of drug-likeness (QED) is 0.466. The highest BCUT2D eigenvalue weighted by Gasteiger charge is 2.03. The van der Waals surface area contributed by atoms with Gasteiger partial charge < -0.3 is 15.2 Å². The Morgan fingerprint density at radius 3 is 2.83 bits per heavy atom. The fourth-order valence-corrected chi connectivity index (χ4v) is 2.21. The van der Waals surface area contributed by atoms with E-state index in [-0.39, 0.29) is 0 Å². The minimum absolute atomic E-state index is 0.667. The molecule has 0 saturated carbocycles. The van der Waals surface area contributed by atoms with Crippen molar-refractivity contribution in [3.05, 3.63) is 47.1 Å². The molecule has 23 heavy (non-hydrogen) atoms. The fourth-order valence-electron chi connectivity index (χ4n) is 2.21. The molecule has 1 heterocycles. The number of guanidine groups is 1. The molecule has 0 fully saturated rings. The molecule has 0 atom stereocenters. The van der Waals surface area contributed by atoms with Crippen molar-refractivity contribution < 1.29 is 4.52 Å². The van der Waals surface area contributed by atoms with Crippen LogP contribution in [0.2, 0.25) is 0 Å². The number of benzene rings is 1. The van der Waals surface area contributed by atoms with Crippen LogP contribution in [0.4, 0.5) is 0 Å². The summed E-state index contributed by atoms with van der Waals surface area (Å²) in [6, 6.07) is 8.41. The van der Waals surface area contributed by atoms with Crippen LogP contribution in [0.15, 0.2) is 33.8 Å². The van der Waals surface area contributed by atoms with Crippen molar-refractivity contribution in [2.45, 2.75) is 40.2 Å². The van der Waals surface area contributed by atoms with Crippen molar-refractivity contribution in [1.82, 2.24) is 20.8 Å². The Labute approximate surface area is 137 Å². The second-order valence-electron chi connectivity index (χ2n) is 5.45. The molecule has 6 nitrogen and oxygen atoms in total. The van der Waals surface area contributed by atoms with E-state index < -0.39 is 0 Å². The van der Waals surface area contributed by atoms with Crippen molar-refractivity contribution in [2.24, 2.45) is 4.99 Å². The lowest BCUT2D eigenvalue weighted by Crippen LogP contribution is -2.37. The van der Waals surface area contributed by atoms with E-state index in [2.05, 4.69) is 63.9 Å². The summed E-state index contributed by atoms with van der Waals surface area (Å²) in [7, 11) is 0. The Hall–Kier alpha value is -2.37. The first kappa shape index (κ1) is 17.0. The lowest BCUT2D eigenvalue weighted by Gasteiger charge is -2.10. The first-order valence-electron chi connectivity index (χ1n) is 8.04. The van der Waals surface area contributed by atoms with Crippen molar-refractivity contribution in [2.75, 3.05) is 13.1 Å². The van der Waals surface area contributed by atoms with Gasteiger partial charge in [0.1, 0.15) is 0 Å². The normalized spacial score (nSPS) is 11.5. The largest absolute Gasteiger partial charge is 0.357 e. The summed E-state index contributed by atoms with van der Waals surface area (Å²) in [4.78, 5) is 8.81. The highest BCUT2D eigenvalue weighted by Crippen LogP contribution is 2.05. The molecule has 2 N–H and O–H groups in total. The van der Waals surface area contributed by atoms with Crippen molar-refractivity contribution >= 4 is 5.96 Å². The Morgan fingerprint density at radius 1 is 1.26 bits per heavy atom. The molecule has 0 aliphatic carbocycles. The average Bonchev–Trinajstić information content (AvgIpc) is 2.94. The lowest BCUT2D eigenvalue weighted by molar-refractivity contribution is 0.372. The van der Waals surface area contributed by atoms with Gasteiger partial charge in [0.15, 0.2) is 11.8 Å². The van der Waals surface area contributed by atoms with Crippen LogP contribution in [0.5, 0.6) is 0 Å². The van der Waals surface area contributed by atoms with E-state index in [9.17, 15) is 0 Å². The maximum atomic E-state index is 5.10. The van der Waals surface area contributed by atoms with Crippen LogP contribution in [-0.4, -0.2) is 29.2 Å². The van der Waals surface area contributed by atoms with Gasteiger partial charge >= 0.3 is 0 Å². The summed E-state index contributed by atoms with van der Waals surface area (Å²) in [5, 5.41) is 10.4. The van der Waals surface area contributed by atoms with Gasteiger partial charge in [-0.05, 0) is 32.8 Å². The van der Waals surface area contributed by atoms with Gasteiger partial charge in [0.05, 0.1) is 6.54 Å². The topological polar surface area (TPSA) is 75.3 Å². The van der Waals surface area contributed by atoms with Crippen LogP contribution < -0.4 is 10.6 Å². The third-order valence-electron chi connectivity index (χ3n) is 3.28. The van der Waals surface area contributed by atoms with Crippen molar-refractivity contribution in [3.8, 4) is 0 Å². The summed E-state index contributed by atoms with van der Waals surface area (Å²) >= 11 is 0. The Kier molecular flexibility index (Phi) is 6.59. The van der Waals surface area contributed by atoms with Crippen LogP contribution in [-0.2, 0) is 13.0 Å². The second kappa shape index (κ2) is 8.92. The van der Waals surface area contributed by atoms with Crippen LogP contribution in [0.1, 0.15) is 36.2 Å². The van der Waals surface area contributed by atoms with Crippen molar-refractivity contribution in [3.63, 3.8) is 0 Å². The molecule has 0 spiro atoms. The number of hydrogen-bond acceptors (Lipinski definition) is 4. The van der Waals surface area contributed by atoms with E-state index in [1.165, 1.54) is 11.1 Å². The van der Waals surface area contributed by atoms with E-state index >= 15 is 0 Å². The summed E-state index contributed by atoms with van der Waals surface area (Å²) in [6.45, 7) is 8.29. The van der Waals surface area contributed by atoms with Gasteiger partial charge in [-0.25, -0.2) is 4.99 Å². The zero-order chi connectivity index (χ0) is 16.5. The van der Waals surface area contributed by atoms with Crippen LogP contribution >= 0.6 is 0 Å². The number of aryl methyl sites for hydroxylation is 3. The standard InChI is InChI=1S/C17H25N5O/c1-4-18-17(20-12-15-8-5-7-13(2)11-15)19-10-6-9-16-21-14(3)22-23-16/h5,7-8,11H,4,6,9-10,12H2,1-3H3,(H2,18,19,20). The minimum atomic E-state index is 0.667. The molecule has 0 radical (unpaired) electrons. The van der Waals surface area contributed by atoms with Gasteiger partial charge in [-0.15, -0.1) is 0 Å². The first-order valence-corrected chi connectivity index (χ1v) is 8.04. The summed E-state index contributed by atoms with van der Waals surface area (Å²) in [5.41, 5.74) is 2.47. The molecule has 1 aromatic carbocycles. The molecule has 1 aromatic heterocycles. The molecule has 124 valence electrons. The average molecular weight is 315 g/mol. The molecule has 0 bridgehead atoms. The van der Waals surface area contributed by atoms with Crippen LogP contribution in [0, 0.1) is 13.8 Å². The zero-order valence-electron chi connectivity index (χ0n) is 14.1. The molecule has 0 amide bonds. The van der Waals surface area contributed by atoms with Gasteiger partial charge in [0, 0.05) is 19.5 Å². The Morgan fingerprint density at radius 2 is 2.13 bits per heavy atom. The maximum absolute atomic E-state index is 5.10. The fraction of sp³-hybridized carbons (Fsp3) is 0.471. The Bertz CT molecular complexity index is 635. The maximum Gasteiger partial charge on any atom is 0.226 e. The van der Waals surface area contributed by atoms with E-state index in [0.29, 0.717) is 18.3 Å². The summed E-state index contributed by atoms with van der Waals surface area (Å²) in [5.74, 6) is 2.20. The summed E-state index contributed by atoms with van der Waals surface area (Å²) in [6.07, 6.45) is 1.68. The molecule has 6 heteroatoms. The minimum Gasteiger partial charge on any atom is -0.357 e. The molecule has 2 rings (SSSR count). The van der Waals surface area contributed by atoms with Crippen LogP contribution in [0.3, 0.4) is 0 Å². The smallest absolute Gasteiger partial charge is 0.226 e. The SMILES string of the molecule is CCNC(=NCc1cccc(C)c1)NCCCc1nc(C)no1. The molecule has 0 unspecified atom stereocenters. The third-order valence-corrected chi connectivity index (χ3v) is 3.28. The molecule has 2 aromatic rings. The molecule has 0 aliphatic heterocycles. The predicted octanol–water partition coefficient (Wildman–Crippen LogP) is 2.37. The number of hydrogen-bond donors (Lipinski definition) is 2. The van der Waals surface area contributed by atoms with Crippen molar-refractivity contribution in [1.29, 1.82) is 0 Å². The Balaban J connectivity index is 1.79. The third kappa shape index (κ3) is 6.10. The highest BCUT2D eigenvalue weighted by atomic mass is 16.5. The van der Waals surface area contributed by atoms with E-state index in [1.54, 1.807) is 0 Å². The summed E-state index contributed by atoms with van der Waals surface area (Å²) < 4.78 is 5.10. The van der Waals surface area contributed by atoms with Gasteiger partial charge in [0.25, 0.3) is 0 Å². The van der Waals surface area contributed by atoms with Gasteiger partial charge in [-0.1, -0.05) is 35.0 Å². The monoisotopic (exact) mass is 315 g/mol. The number of aliphatic imine (C=N–C) groups is 1. The number of rotatable bonds is 7. The molecular weight excluding hydrogens is 290 g/mol. The highest BCUT2D eigenvalue weighted by molar-refractivity contribution is 5.79. The van der Waals surface area contributed by atoms with Gasteiger partial charge in [0.2, 0.25) is 5.89 Å². The number of nitrogens with one attached hydrogen (secondary N) is 2. The van der Waals surface area contributed by atoms with E-state index in [4.69, 9.17) is 4.52 Å². The molecule has 0 aliphatic rings. The lowest BCUT2D eigenvalue weighted by atomic mass is 10.1. The van der Waals surface area contributed by atoms with Gasteiger partial charge in [-0.2, -0.15) is 4.98 Å². The van der Waals surface area contributed by atoms with Gasteiger partial charge in [-0.3, -0.25) is 0 Å². The zero-order valence-corrected chi connectivity index (χ0v) is 14.1. The second-order valence-corrected chi connectivity index (χ2v) is 5.45. The molecular formula is C17H25N5O. The number of aromatic nitrogens is 2. The predicted molar refractivity (Wildman–Crippen MR) is 91.4 cm³/mol.